The van der Waals surface area contributed by atoms with Crippen molar-refractivity contribution in [3.63, 3.8) is 0 Å². The maximum Gasteiger partial charge on any atom is 0.302 e. The lowest BCUT2D eigenvalue weighted by molar-refractivity contribution is -0.144. The molecule has 1 amide bonds. The summed E-state index contributed by atoms with van der Waals surface area (Å²) in [5, 5.41) is 13.5. The number of hydrogen-bond donors (Lipinski definition) is 2. The summed E-state index contributed by atoms with van der Waals surface area (Å²) in [6, 6.07) is -0.739. The predicted octanol–water partition coefficient (Wildman–Crippen LogP) is 3.87. The number of aliphatic hydroxyl groups is 1. The Balaban J connectivity index is 1.73. The SMILES string of the molecule is CCCCCCCCC/C=C/C=C/C=C/C(=O)N[C@H](COC(C)=O)C[C@@]1(O)C(=O)C=C[C@@H]2O[C@@H]21. The van der Waals surface area contributed by atoms with Gasteiger partial charge in [0.25, 0.3) is 0 Å². The number of amides is 1. The minimum absolute atomic E-state index is 0.110. The fourth-order valence-corrected chi connectivity index (χ4v) is 4.00. The van der Waals surface area contributed by atoms with E-state index in [4.69, 9.17) is 9.47 Å². The summed E-state index contributed by atoms with van der Waals surface area (Å²) in [5.41, 5.74) is -1.75. The molecule has 0 aromatic rings. The van der Waals surface area contributed by atoms with E-state index in [1.54, 1.807) is 18.2 Å². The lowest BCUT2D eigenvalue weighted by atomic mass is 9.82. The Labute approximate surface area is 203 Å². The van der Waals surface area contributed by atoms with Gasteiger partial charge in [-0.1, -0.05) is 75.8 Å². The second-order valence-electron chi connectivity index (χ2n) is 8.96. The highest BCUT2D eigenvalue weighted by molar-refractivity contribution is 5.99. The molecule has 4 atom stereocenters. The smallest absolute Gasteiger partial charge is 0.302 e. The molecule has 188 valence electrons. The maximum absolute atomic E-state index is 12.3. The molecule has 34 heavy (non-hydrogen) atoms. The fraction of sp³-hybridized carbons (Fsp3) is 0.593. The summed E-state index contributed by atoms with van der Waals surface area (Å²) < 4.78 is 10.4. The van der Waals surface area contributed by atoms with Gasteiger partial charge in [0.2, 0.25) is 5.91 Å². The Morgan fingerprint density at radius 2 is 1.85 bits per heavy atom. The fourth-order valence-electron chi connectivity index (χ4n) is 4.00. The number of unbranched alkanes of at least 4 members (excludes halogenated alkanes) is 7. The lowest BCUT2D eigenvalue weighted by Gasteiger charge is -2.30. The molecule has 0 saturated carbocycles. The first-order valence-corrected chi connectivity index (χ1v) is 12.4. The van der Waals surface area contributed by atoms with Gasteiger partial charge >= 0.3 is 5.97 Å². The summed E-state index contributed by atoms with van der Waals surface area (Å²) in [7, 11) is 0. The molecule has 0 aromatic heterocycles. The molecule has 1 saturated heterocycles. The van der Waals surface area contributed by atoms with Crippen molar-refractivity contribution in [3.8, 4) is 0 Å². The molecule has 1 fully saturated rings. The minimum atomic E-state index is -1.75. The molecule has 7 heteroatoms. The van der Waals surface area contributed by atoms with Gasteiger partial charge in [-0.2, -0.15) is 0 Å². The normalized spacial score (nSPS) is 24.6. The lowest BCUT2D eigenvalue weighted by Crippen LogP contribution is -2.52. The van der Waals surface area contributed by atoms with Crippen molar-refractivity contribution in [1.29, 1.82) is 0 Å². The van der Waals surface area contributed by atoms with Crippen LogP contribution in [0, 0.1) is 0 Å². The van der Waals surface area contributed by atoms with Crippen molar-refractivity contribution in [1.82, 2.24) is 5.32 Å². The molecule has 2 N–H and O–H groups in total. The first kappa shape index (κ1) is 27.7. The van der Waals surface area contributed by atoms with Crippen molar-refractivity contribution in [2.45, 2.75) is 95.5 Å². The molecular formula is C27H39NO6. The number of fused-ring (bicyclic) bond motifs is 1. The van der Waals surface area contributed by atoms with Crippen LogP contribution in [0.15, 0.2) is 48.6 Å². The zero-order chi connectivity index (χ0) is 24.8. The number of ketones is 1. The van der Waals surface area contributed by atoms with Gasteiger partial charge in [0, 0.05) is 19.4 Å². The highest BCUT2D eigenvalue weighted by Gasteiger charge is 2.59. The van der Waals surface area contributed by atoms with Crippen molar-refractivity contribution < 1.29 is 29.0 Å². The summed E-state index contributed by atoms with van der Waals surface area (Å²) in [6.07, 6.45) is 22.6. The van der Waals surface area contributed by atoms with Gasteiger partial charge in [0.15, 0.2) is 11.4 Å². The van der Waals surface area contributed by atoms with Gasteiger partial charge in [0.1, 0.15) is 18.8 Å². The molecule has 1 heterocycles. The van der Waals surface area contributed by atoms with Crippen molar-refractivity contribution in [2.75, 3.05) is 6.61 Å². The van der Waals surface area contributed by atoms with Gasteiger partial charge in [-0.05, 0) is 25.0 Å². The van der Waals surface area contributed by atoms with Crippen LogP contribution in [-0.2, 0) is 23.9 Å². The van der Waals surface area contributed by atoms with Gasteiger partial charge in [-0.15, -0.1) is 0 Å². The first-order chi connectivity index (χ1) is 16.4. The number of allylic oxidation sites excluding steroid dienone is 5. The molecular weight excluding hydrogens is 434 g/mol. The second kappa shape index (κ2) is 14.7. The van der Waals surface area contributed by atoms with Crippen LogP contribution in [0.2, 0.25) is 0 Å². The van der Waals surface area contributed by atoms with E-state index in [0.29, 0.717) is 0 Å². The number of epoxide rings is 1. The molecule has 1 aliphatic carbocycles. The van der Waals surface area contributed by atoms with Crippen LogP contribution >= 0.6 is 0 Å². The third-order valence-corrected chi connectivity index (χ3v) is 5.94. The van der Waals surface area contributed by atoms with E-state index in [1.807, 2.05) is 12.2 Å². The third-order valence-electron chi connectivity index (χ3n) is 5.94. The number of carbonyl (C=O) groups excluding carboxylic acids is 3. The zero-order valence-corrected chi connectivity index (χ0v) is 20.4. The molecule has 7 nitrogen and oxygen atoms in total. The average molecular weight is 474 g/mol. The number of nitrogens with one attached hydrogen (secondary N) is 1. The van der Waals surface area contributed by atoms with E-state index in [2.05, 4.69) is 18.3 Å². The maximum atomic E-state index is 12.3. The van der Waals surface area contributed by atoms with Crippen LogP contribution < -0.4 is 5.32 Å². The van der Waals surface area contributed by atoms with Crippen LogP contribution in [0.3, 0.4) is 0 Å². The molecule has 0 spiro atoms. The highest BCUT2D eigenvalue weighted by Crippen LogP contribution is 2.40. The molecule has 0 bridgehead atoms. The van der Waals surface area contributed by atoms with E-state index >= 15 is 0 Å². The van der Waals surface area contributed by atoms with E-state index in [9.17, 15) is 19.5 Å². The zero-order valence-electron chi connectivity index (χ0n) is 20.4. The monoisotopic (exact) mass is 473 g/mol. The van der Waals surface area contributed by atoms with Crippen molar-refractivity contribution in [3.05, 3.63) is 48.6 Å². The van der Waals surface area contributed by atoms with Crippen molar-refractivity contribution >= 4 is 17.7 Å². The molecule has 2 aliphatic rings. The van der Waals surface area contributed by atoms with Gasteiger partial charge < -0.3 is 19.9 Å². The Kier molecular flexibility index (Phi) is 12.0. The van der Waals surface area contributed by atoms with Crippen LogP contribution in [0.25, 0.3) is 0 Å². The Morgan fingerprint density at radius 1 is 1.15 bits per heavy atom. The summed E-state index contributed by atoms with van der Waals surface area (Å²) >= 11 is 0. The number of carbonyl (C=O) groups is 3. The number of rotatable bonds is 16. The van der Waals surface area contributed by atoms with E-state index < -0.39 is 35.4 Å². The molecule has 1 aliphatic heterocycles. The quantitative estimate of drug-likeness (QED) is 0.116. The standard InChI is InChI=1S/C27H39NO6/c1-3-4-5-6-7-8-9-10-11-12-13-14-15-16-25(31)28-22(20-33-21(2)29)19-27(32)24(30)18-17-23-26(27)34-23/h11-18,22-23,26,32H,3-10,19-20H2,1-2H3,(H,28,31)/b12-11+,14-13+,16-15+/t22-,23-,26-,27+/m0/s1. The van der Waals surface area contributed by atoms with Gasteiger partial charge in [-0.25, -0.2) is 0 Å². The molecule has 0 radical (unpaired) electrons. The molecule has 0 aromatic carbocycles. The Bertz CT molecular complexity index is 799. The van der Waals surface area contributed by atoms with Crippen molar-refractivity contribution in [2.24, 2.45) is 0 Å². The number of ether oxygens (including phenoxy) is 2. The predicted molar refractivity (Wildman–Crippen MR) is 131 cm³/mol. The highest BCUT2D eigenvalue weighted by atomic mass is 16.6. The second-order valence-corrected chi connectivity index (χ2v) is 8.96. The number of esters is 1. The van der Waals surface area contributed by atoms with Crippen LogP contribution in [0.5, 0.6) is 0 Å². The van der Waals surface area contributed by atoms with Crippen LogP contribution in [-0.4, -0.2) is 53.2 Å². The van der Waals surface area contributed by atoms with E-state index in [1.165, 1.54) is 64.0 Å². The van der Waals surface area contributed by atoms with Gasteiger partial charge in [-0.3, -0.25) is 14.4 Å². The summed E-state index contributed by atoms with van der Waals surface area (Å²) in [6.45, 7) is 3.33. The van der Waals surface area contributed by atoms with Crippen LogP contribution in [0.4, 0.5) is 0 Å². The summed E-state index contributed by atoms with van der Waals surface area (Å²) in [4.78, 5) is 35.8. The van der Waals surface area contributed by atoms with E-state index in [0.717, 1.165) is 6.42 Å². The largest absolute Gasteiger partial charge is 0.464 e. The number of hydrogen-bond acceptors (Lipinski definition) is 6. The topological polar surface area (TPSA) is 105 Å². The van der Waals surface area contributed by atoms with Gasteiger partial charge in [0.05, 0.1) is 6.04 Å². The Morgan fingerprint density at radius 3 is 2.59 bits per heavy atom. The Hall–Kier alpha value is -2.51. The summed E-state index contributed by atoms with van der Waals surface area (Å²) in [5.74, 6) is -1.40. The molecule has 2 rings (SSSR count). The first-order valence-electron chi connectivity index (χ1n) is 12.4. The van der Waals surface area contributed by atoms with Crippen LogP contribution in [0.1, 0.15) is 71.6 Å². The average Bonchev–Trinajstić information content (AvgIpc) is 3.59. The molecule has 0 unspecified atom stereocenters. The minimum Gasteiger partial charge on any atom is -0.464 e. The third kappa shape index (κ3) is 9.77. The van der Waals surface area contributed by atoms with E-state index in [-0.39, 0.29) is 19.1 Å².